The standard InChI is InChI=1S/C20H27N3O2/c1-21(2)15-9-10-16-17(12-15)19(24)25-18(16)14-8-7-11-20(13-14,22(3)4)23(5)6/h7-12,18H,13H2,1-6H3. The minimum atomic E-state index is -0.303. The molecule has 0 spiro atoms. The summed E-state index contributed by atoms with van der Waals surface area (Å²) in [6, 6.07) is 5.98. The monoisotopic (exact) mass is 341 g/mol. The first-order valence-electron chi connectivity index (χ1n) is 8.51. The number of esters is 1. The summed E-state index contributed by atoms with van der Waals surface area (Å²) in [7, 11) is 12.2. The largest absolute Gasteiger partial charge is 0.449 e. The van der Waals surface area contributed by atoms with Gasteiger partial charge < -0.3 is 9.64 Å². The third kappa shape index (κ3) is 2.87. The highest BCUT2D eigenvalue weighted by Crippen LogP contribution is 2.43. The van der Waals surface area contributed by atoms with Crippen LogP contribution in [0.4, 0.5) is 5.69 Å². The van der Waals surface area contributed by atoms with Crippen LogP contribution in [-0.2, 0) is 4.74 Å². The second-order valence-electron chi connectivity index (χ2n) is 7.40. The normalized spacial score (nSPS) is 21.4. The molecule has 0 radical (unpaired) electrons. The Morgan fingerprint density at radius 1 is 1.08 bits per heavy atom. The van der Waals surface area contributed by atoms with E-state index >= 15 is 0 Å². The van der Waals surface area contributed by atoms with Crippen LogP contribution in [0.3, 0.4) is 0 Å². The van der Waals surface area contributed by atoms with Crippen LogP contribution >= 0.6 is 0 Å². The van der Waals surface area contributed by atoms with Crippen molar-refractivity contribution in [2.75, 3.05) is 47.2 Å². The lowest BCUT2D eigenvalue weighted by Crippen LogP contribution is -2.54. The number of likely N-dealkylation sites (N-methyl/N-ethyl adjacent to an activating group) is 2. The molecule has 1 heterocycles. The van der Waals surface area contributed by atoms with Crippen molar-refractivity contribution in [3.05, 3.63) is 53.1 Å². The maximum atomic E-state index is 12.4. The summed E-state index contributed by atoms with van der Waals surface area (Å²) in [4.78, 5) is 18.8. The summed E-state index contributed by atoms with van der Waals surface area (Å²) in [5, 5.41) is 0. The molecule has 0 aromatic heterocycles. The average molecular weight is 341 g/mol. The van der Waals surface area contributed by atoms with Gasteiger partial charge in [-0.1, -0.05) is 18.2 Å². The lowest BCUT2D eigenvalue weighted by molar-refractivity contribution is 0.0300. The van der Waals surface area contributed by atoms with Gasteiger partial charge in [0, 0.05) is 31.8 Å². The number of hydrogen-bond donors (Lipinski definition) is 0. The van der Waals surface area contributed by atoms with Crippen molar-refractivity contribution >= 4 is 11.7 Å². The van der Waals surface area contributed by atoms with Gasteiger partial charge in [0.25, 0.3) is 0 Å². The maximum absolute atomic E-state index is 12.4. The summed E-state index contributed by atoms with van der Waals surface area (Å²) in [6.07, 6.45) is 6.83. The van der Waals surface area contributed by atoms with Gasteiger partial charge >= 0.3 is 5.97 Å². The van der Waals surface area contributed by atoms with Crippen LogP contribution in [0, 0.1) is 0 Å². The third-order valence-corrected chi connectivity index (χ3v) is 5.30. The molecule has 1 atom stereocenters. The highest BCUT2D eigenvalue weighted by Gasteiger charge is 2.41. The van der Waals surface area contributed by atoms with Crippen molar-refractivity contribution < 1.29 is 9.53 Å². The predicted molar refractivity (Wildman–Crippen MR) is 101 cm³/mol. The van der Waals surface area contributed by atoms with E-state index in [0.29, 0.717) is 5.56 Å². The molecule has 0 saturated heterocycles. The van der Waals surface area contributed by atoms with Gasteiger partial charge in [0.05, 0.1) is 11.2 Å². The number of fused-ring (bicyclic) bond motifs is 1. The zero-order chi connectivity index (χ0) is 18.4. The molecule has 2 aliphatic rings. The topological polar surface area (TPSA) is 36.0 Å². The molecule has 1 aromatic rings. The second kappa shape index (κ2) is 6.32. The molecule has 0 N–H and O–H groups in total. The van der Waals surface area contributed by atoms with Crippen molar-refractivity contribution in [3.8, 4) is 0 Å². The third-order valence-electron chi connectivity index (χ3n) is 5.30. The average Bonchev–Trinajstić information content (AvgIpc) is 2.91. The summed E-state index contributed by atoms with van der Waals surface area (Å²) < 4.78 is 5.76. The van der Waals surface area contributed by atoms with Crippen molar-refractivity contribution in [2.45, 2.75) is 18.2 Å². The highest BCUT2D eigenvalue weighted by atomic mass is 16.5. The number of carbonyl (C=O) groups excluding carboxylic acids is 1. The molecule has 3 rings (SSSR count). The number of anilines is 1. The maximum Gasteiger partial charge on any atom is 0.339 e. The summed E-state index contributed by atoms with van der Waals surface area (Å²) in [6.45, 7) is 0. The number of allylic oxidation sites excluding steroid dienone is 2. The first-order chi connectivity index (χ1) is 11.8. The summed E-state index contributed by atoms with van der Waals surface area (Å²) >= 11 is 0. The second-order valence-corrected chi connectivity index (χ2v) is 7.40. The van der Waals surface area contributed by atoms with E-state index in [0.717, 1.165) is 23.2 Å². The van der Waals surface area contributed by atoms with Gasteiger partial charge in [-0.15, -0.1) is 0 Å². The van der Waals surface area contributed by atoms with Crippen molar-refractivity contribution in [1.29, 1.82) is 0 Å². The Hall–Kier alpha value is -2.11. The summed E-state index contributed by atoms with van der Waals surface area (Å²) in [5.74, 6) is -0.237. The van der Waals surface area contributed by atoms with Gasteiger partial charge in [-0.05, 0) is 52.0 Å². The van der Waals surface area contributed by atoms with Gasteiger partial charge in [0.1, 0.15) is 6.10 Å². The van der Waals surface area contributed by atoms with Crippen LogP contribution in [0.1, 0.15) is 28.4 Å². The number of benzene rings is 1. The molecule has 5 heteroatoms. The number of rotatable bonds is 4. The van der Waals surface area contributed by atoms with E-state index in [9.17, 15) is 4.79 Å². The van der Waals surface area contributed by atoms with Gasteiger partial charge in [-0.2, -0.15) is 0 Å². The smallest absolute Gasteiger partial charge is 0.339 e. The Labute approximate surface area is 150 Å². The first kappa shape index (κ1) is 17.7. The SMILES string of the molecule is CN(C)c1ccc2c(c1)C(=O)OC2C1=CC=CC(N(C)C)(N(C)C)C1. The minimum absolute atomic E-state index is 0.219. The first-order valence-corrected chi connectivity index (χ1v) is 8.51. The molecule has 1 aliphatic heterocycles. The van der Waals surface area contributed by atoms with E-state index in [-0.39, 0.29) is 17.7 Å². The number of cyclic esters (lactones) is 1. The minimum Gasteiger partial charge on any atom is -0.449 e. The molecule has 1 aromatic carbocycles. The Morgan fingerprint density at radius 2 is 1.76 bits per heavy atom. The Kier molecular flexibility index (Phi) is 4.47. The zero-order valence-electron chi connectivity index (χ0n) is 15.9. The Bertz CT molecular complexity index is 739. The molecule has 0 amide bonds. The van der Waals surface area contributed by atoms with E-state index in [2.05, 4.69) is 56.2 Å². The van der Waals surface area contributed by atoms with Crippen LogP contribution in [0.5, 0.6) is 0 Å². The van der Waals surface area contributed by atoms with E-state index < -0.39 is 0 Å². The van der Waals surface area contributed by atoms with Gasteiger partial charge in [0.15, 0.2) is 0 Å². The molecule has 134 valence electrons. The molecule has 0 saturated carbocycles. The molecule has 0 bridgehead atoms. The van der Waals surface area contributed by atoms with Gasteiger partial charge in [-0.25, -0.2) is 4.79 Å². The fraction of sp³-hybridized carbons (Fsp3) is 0.450. The van der Waals surface area contributed by atoms with E-state index in [1.807, 2.05) is 37.2 Å². The summed E-state index contributed by atoms with van der Waals surface area (Å²) in [5.41, 5.74) is 3.54. The molecular formula is C20H27N3O2. The van der Waals surface area contributed by atoms with Crippen molar-refractivity contribution in [3.63, 3.8) is 0 Å². The predicted octanol–water partition coefficient (Wildman–Crippen LogP) is 2.67. The quantitative estimate of drug-likeness (QED) is 0.622. The number of hydrogen-bond acceptors (Lipinski definition) is 5. The van der Waals surface area contributed by atoms with Gasteiger partial charge in [-0.3, -0.25) is 9.80 Å². The Morgan fingerprint density at radius 3 is 2.36 bits per heavy atom. The van der Waals surface area contributed by atoms with E-state index in [1.54, 1.807) is 0 Å². The van der Waals surface area contributed by atoms with Crippen LogP contribution in [0.25, 0.3) is 0 Å². The zero-order valence-corrected chi connectivity index (χ0v) is 15.9. The van der Waals surface area contributed by atoms with Crippen molar-refractivity contribution in [1.82, 2.24) is 9.80 Å². The fourth-order valence-electron chi connectivity index (χ4n) is 3.68. The Balaban J connectivity index is 1.96. The van der Waals surface area contributed by atoms with Crippen molar-refractivity contribution in [2.24, 2.45) is 0 Å². The number of ether oxygens (including phenoxy) is 1. The number of carbonyl (C=O) groups is 1. The van der Waals surface area contributed by atoms with Gasteiger partial charge in [0.2, 0.25) is 0 Å². The molecule has 1 aliphatic carbocycles. The van der Waals surface area contributed by atoms with Crippen LogP contribution < -0.4 is 4.90 Å². The van der Waals surface area contributed by atoms with Crippen LogP contribution in [0.2, 0.25) is 0 Å². The molecule has 25 heavy (non-hydrogen) atoms. The fourth-order valence-corrected chi connectivity index (χ4v) is 3.68. The molecule has 5 nitrogen and oxygen atoms in total. The molecule has 0 fully saturated rings. The van der Waals surface area contributed by atoms with Crippen LogP contribution in [-0.4, -0.2) is 63.7 Å². The van der Waals surface area contributed by atoms with E-state index in [1.165, 1.54) is 0 Å². The lowest BCUT2D eigenvalue weighted by Gasteiger charge is -2.45. The molecular weight excluding hydrogens is 314 g/mol. The lowest BCUT2D eigenvalue weighted by atomic mass is 9.86. The highest BCUT2D eigenvalue weighted by molar-refractivity contribution is 5.95. The van der Waals surface area contributed by atoms with E-state index in [4.69, 9.17) is 4.74 Å². The molecule has 1 unspecified atom stereocenters. The van der Waals surface area contributed by atoms with Crippen LogP contribution in [0.15, 0.2) is 42.0 Å². The number of nitrogens with zero attached hydrogens (tertiary/aromatic N) is 3.